The lowest BCUT2D eigenvalue weighted by molar-refractivity contribution is -0.135. The van der Waals surface area contributed by atoms with Crippen molar-refractivity contribution in [3.8, 4) is 0 Å². The molecule has 0 aromatic carbocycles. The van der Waals surface area contributed by atoms with Crippen LogP contribution in [0.5, 0.6) is 0 Å². The Hall–Kier alpha value is -2.18. The van der Waals surface area contributed by atoms with E-state index in [0.717, 1.165) is 31.9 Å². The highest BCUT2D eigenvalue weighted by Gasteiger charge is 2.50. The summed E-state index contributed by atoms with van der Waals surface area (Å²) < 4.78 is 0. The minimum absolute atomic E-state index is 0.0848. The molecular formula is C18H25N5O2. The van der Waals surface area contributed by atoms with Gasteiger partial charge in [0, 0.05) is 44.6 Å². The summed E-state index contributed by atoms with van der Waals surface area (Å²) in [6.45, 7) is 2.82. The van der Waals surface area contributed by atoms with E-state index in [4.69, 9.17) is 0 Å². The van der Waals surface area contributed by atoms with Crippen molar-refractivity contribution in [3.63, 3.8) is 0 Å². The van der Waals surface area contributed by atoms with Gasteiger partial charge in [0.2, 0.25) is 17.8 Å². The molecule has 0 bridgehead atoms. The number of rotatable bonds is 4. The lowest BCUT2D eigenvalue weighted by Gasteiger charge is -2.34. The molecule has 1 saturated heterocycles. The standard InChI is InChI=1S/C18H25N5O2/c24-16(21-13-4-1-2-5-13)14-12-15(14)17(25)22-8-10-23(11-9-22)18-19-6-3-7-20-18/h3,6-7,13-15H,1-2,4-5,8-12H2,(H,21,24). The summed E-state index contributed by atoms with van der Waals surface area (Å²) in [4.78, 5) is 37.5. The van der Waals surface area contributed by atoms with Crippen LogP contribution in [0, 0.1) is 11.8 Å². The number of carbonyl (C=O) groups is 2. The van der Waals surface area contributed by atoms with Crippen LogP contribution in [0.15, 0.2) is 18.5 Å². The average molecular weight is 343 g/mol. The number of anilines is 1. The van der Waals surface area contributed by atoms with Gasteiger partial charge in [0.1, 0.15) is 0 Å². The number of piperazine rings is 1. The molecule has 3 fully saturated rings. The monoisotopic (exact) mass is 343 g/mol. The first-order chi connectivity index (χ1) is 12.2. The van der Waals surface area contributed by atoms with Gasteiger partial charge in [0.25, 0.3) is 0 Å². The molecule has 7 nitrogen and oxygen atoms in total. The summed E-state index contributed by atoms with van der Waals surface area (Å²) in [5.41, 5.74) is 0. The highest BCUT2D eigenvalue weighted by molar-refractivity contribution is 5.92. The molecule has 0 radical (unpaired) electrons. The minimum atomic E-state index is -0.110. The Bertz CT molecular complexity index is 624. The summed E-state index contributed by atoms with van der Waals surface area (Å²) in [5, 5.41) is 3.12. The normalized spacial score (nSPS) is 26.6. The molecular weight excluding hydrogens is 318 g/mol. The van der Waals surface area contributed by atoms with Crippen LogP contribution in [0.4, 0.5) is 5.95 Å². The third-order valence-electron chi connectivity index (χ3n) is 5.57. The van der Waals surface area contributed by atoms with Gasteiger partial charge < -0.3 is 15.1 Å². The van der Waals surface area contributed by atoms with E-state index in [1.165, 1.54) is 12.8 Å². The maximum absolute atomic E-state index is 12.7. The molecule has 1 N–H and O–H groups in total. The van der Waals surface area contributed by atoms with Crippen LogP contribution >= 0.6 is 0 Å². The zero-order valence-electron chi connectivity index (χ0n) is 14.4. The minimum Gasteiger partial charge on any atom is -0.353 e. The van der Waals surface area contributed by atoms with E-state index in [1.807, 2.05) is 4.90 Å². The summed E-state index contributed by atoms with van der Waals surface area (Å²) >= 11 is 0. The number of hydrogen-bond donors (Lipinski definition) is 1. The summed E-state index contributed by atoms with van der Waals surface area (Å²) in [5.74, 6) is 0.723. The van der Waals surface area contributed by atoms with Crippen LogP contribution in [0.3, 0.4) is 0 Å². The second kappa shape index (κ2) is 6.98. The van der Waals surface area contributed by atoms with Gasteiger partial charge in [0.05, 0.1) is 11.8 Å². The summed E-state index contributed by atoms with van der Waals surface area (Å²) in [7, 11) is 0. The van der Waals surface area contributed by atoms with Gasteiger partial charge >= 0.3 is 0 Å². The molecule has 2 atom stereocenters. The van der Waals surface area contributed by atoms with E-state index >= 15 is 0 Å². The highest BCUT2D eigenvalue weighted by atomic mass is 16.2. The number of carbonyl (C=O) groups excluding carboxylic acids is 2. The zero-order chi connectivity index (χ0) is 17.2. The van der Waals surface area contributed by atoms with Crippen molar-refractivity contribution >= 4 is 17.8 Å². The third kappa shape index (κ3) is 3.60. The van der Waals surface area contributed by atoms with Gasteiger partial charge in [-0.05, 0) is 25.3 Å². The van der Waals surface area contributed by atoms with Crippen molar-refractivity contribution in [1.82, 2.24) is 20.2 Å². The smallest absolute Gasteiger partial charge is 0.226 e. The van der Waals surface area contributed by atoms with E-state index in [0.29, 0.717) is 25.6 Å². The Balaban J connectivity index is 1.25. The summed E-state index contributed by atoms with van der Waals surface area (Å²) in [6.07, 6.45) is 8.75. The first-order valence-electron chi connectivity index (χ1n) is 9.33. The van der Waals surface area contributed by atoms with Crippen LogP contribution in [-0.2, 0) is 9.59 Å². The Morgan fingerprint density at radius 2 is 1.68 bits per heavy atom. The number of nitrogens with one attached hydrogen (secondary N) is 1. The number of nitrogens with zero attached hydrogens (tertiary/aromatic N) is 4. The van der Waals surface area contributed by atoms with Gasteiger partial charge in [0.15, 0.2) is 0 Å². The Morgan fingerprint density at radius 3 is 2.36 bits per heavy atom. The Morgan fingerprint density at radius 1 is 1.00 bits per heavy atom. The molecule has 25 heavy (non-hydrogen) atoms. The molecule has 2 saturated carbocycles. The molecule has 0 spiro atoms. The first-order valence-corrected chi connectivity index (χ1v) is 9.33. The maximum Gasteiger partial charge on any atom is 0.226 e. The number of hydrogen-bond acceptors (Lipinski definition) is 5. The van der Waals surface area contributed by atoms with Gasteiger partial charge in [-0.1, -0.05) is 12.8 Å². The van der Waals surface area contributed by atoms with E-state index in [2.05, 4.69) is 20.2 Å². The van der Waals surface area contributed by atoms with Crippen molar-refractivity contribution in [2.75, 3.05) is 31.1 Å². The second-order valence-electron chi connectivity index (χ2n) is 7.30. The number of amides is 2. The number of aromatic nitrogens is 2. The highest BCUT2D eigenvalue weighted by Crippen LogP contribution is 2.40. The van der Waals surface area contributed by atoms with Crippen molar-refractivity contribution in [3.05, 3.63) is 18.5 Å². The maximum atomic E-state index is 12.7. The van der Waals surface area contributed by atoms with E-state index in [9.17, 15) is 9.59 Å². The molecule has 1 aromatic heterocycles. The van der Waals surface area contributed by atoms with Crippen LogP contribution in [0.2, 0.25) is 0 Å². The molecule has 2 amide bonds. The Labute approximate surface area is 147 Å². The molecule has 134 valence electrons. The molecule has 7 heteroatoms. The summed E-state index contributed by atoms with van der Waals surface area (Å²) in [6, 6.07) is 2.13. The second-order valence-corrected chi connectivity index (χ2v) is 7.30. The molecule has 4 rings (SSSR count). The van der Waals surface area contributed by atoms with Crippen molar-refractivity contribution in [2.45, 2.75) is 38.1 Å². The van der Waals surface area contributed by atoms with Gasteiger partial charge in [-0.25, -0.2) is 9.97 Å². The molecule has 3 aliphatic rings. The predicted octanol–water partition coefficient (Wildman–Crippen LogP) is 0.820. The van der Waals surface area contributed by atoms with Gasteiger partial charge in [-0.15, -0.1) is 0 Å². The van der Waals surface area contributed by atoms with E-state index in [1.54, 1.807) is 18.5 Å². The third-order valence-corrected chi connectivity index (χ3v) is 5.57. The van der Waals surface area contributed by atoms with Crippen molar-refractivity contribution in [1.29, 1.82) is 0 Å². The molecule has 1 aliphatic heterocycles. The quantitative estimate of drug-likeness (QED) is 0.876. The predicted molar refractivity (Wildman–Crippen MR) is 92.8 cm³/mol. The first kappa shape index (κ1) is 16.3. The Kier molecular flexibility index (Phi) is 4.55. The topological polar surface area (TPSA) is 78.4 Å². The van der Waals surface area contributed by atoms with Crippen molar-refractivity contribution < 1.29 is 9.59 Å². The van der Waals surface area contributed by atoms with Gasteiger partial charge in [-0.2, -0.15) is 0 Å². The van der Waals surface area contributed by atoms with Gasteiger partial charge in [-0.3, -0.25) is 9.59 Å². The SMILES string of the molecule is O=C(NC1CCCC1)C1CC1C(=O)N1CCN(c2ncccn2)CC1. The lowest BCUT2D eigenvalue weighted by atomic mass is 10.2. The average Bonchev–Trinajstić information content (AvgIpc) is 3.31. The largest absolute Gasteiger partial charge is 0.353 e. The van der Waals surface area contributed by atoms with Crippen LogP contribution in [-0.4, -0.2) is 58.9 Å². The molecule has 2 unspecified atom stereocenters. The fourth-order valence-corrected chi connectivity index (χ4v) is 3.95. The van der Waals surface area contributed by atoms with Crippen LogP contribution < -0.4 is 10.2 Å². The molecule has 2 aliphatic carbocycles. The van der Waals surface area contributed by atoms with E-state index in [-0.39, 0.29) is 23.7 Å². The van der Waals surface area contributed by atoms with Crippen LogP contribution in [0.1, 0.15) is 32.1 Å². The molecule has 2 heterocycles. The zero-order valence-corrected chi connectivity index (χ0v) is 14.4. The fraction of sp³-hybridized carbons (Fsp3) is 0.667. The molecule has 1 aromatic rings. The fourth-order valence-electron chi connectivity index (χ4n) is 3.95. The van der Waals surface area contributed by atoms with E-state index < -0.39 is 0 Å². The van der Waals surface area contributed by atoms with Crippen molar-refractivity contribution in [2.24, 2.45) is 11.8 Å². The van der Waals surface area contributed by atoms with Crippen LogP contribution in [0.25, 0.3) is 0 Å². The lowest BCUT2D eigenvalue weighted by Crippen LogP contribution is -2.50.